The van der Waals surface area contributed by atoms with Crippen LogP contribution in [0, 0.1) is 0 Å². The average Bonchev–Trinajstić information content (AvgIpc) is 3.73. The van der Waals surface area contributed by atoms with E-state index in [1.54, 1.807) is 0 Å². The molecule has 230 valence electrons. The van der Waals surface area contributed by atoms with Gasteiger partial charge in [-0.25, -0.2) is 0 Å². The maximum atomic E-state index is 6.09. The zero-order valence-corrected chi connectivity index (χ0v) is 27.3. The molecule has 0 aliphatic carbocycles. The molecular formula is C46H29NOS. The fraction of sp³-hybridized carbons (Fsp3) is 0. The minimum Gasteiger partial charge on any atom is -0.456 e. The van der Waals surface area contributed by atoms with Crippen molar-refractivity contribution in [2.24, 2.45) is 0 Å². The monoisotopic (exact) mass is 643 g/mol. The van der Waals surface area contributed by atoms with Crippen molar-refractivity contribution < 1.29 is 4.42 Å². The van der Waals surface area contributed by atoms with E-state index in [1.165, 1.54) is 53.2 Å². The first-order chi connectivity index (χ1) is 24.2. The summed E-state index contributed by atoms with van der Waals surface area (Å²) in [4.78, 5) is 2.38. The van der Waals surface area contributed by atoms with Gasteiger partial charge >= 0.3 is 0 Å². The Labute approximate surface area is 287 Å². The van der Waals surface area contributed by atoms with Crippen LogP contribution >= 0.6 is 11.3 Å². The number of thiophene rings is 1. The van der Waals surface area contributed by atoms with Crippen molar-refractivity contribution in [3.8, 4) is 22.3 Å². The Morgan fingerprint density at radius 3 is 1.84 bits per heavy atom. The lowest BCUT2D eigenvalue weighted by Crippen LogP contribution is -2.09. The summed E-state index contributed by atoms with van der Waals surface area (Å²) in [6.07, 6.45) is 0. The Bertz CT molecular complexity index is 2830. The summed E-state index contributed by atoms with van der Waals surface area (Å²) in [5.41, 5.74) is 10.0. The molecule has 0 N–H and O–H groups in total. The van der Waals surface area contributed by atoms with Crippen molar-refractivity contribution in [2.75, 3.05) is 4.90 Å². The summed E-state index contributed by atoms with van der Waals surface area (Å²) in [7, 11) is 0. The molecule has 0 unspecified atom stereocenters. The molecule has 2 aromatic heterocycles. The highest BCUT2D eigenvalue weighted by Gasteiger charge is 2.16. The quantitative estimate of drug-likeness (QED) is 0.186. The summed E-state index contributed by atoms with van der Waals surface area (Å²) >= 11 is 1.85. The van der Waals surface area contributed by atoms with Gasteiger partial charge in [-0.3, -0.25) is 0 Å². The molecule has 0 aliphatic heterocycles. The standard InChI is InChI=1S/C46H29NOS/c1-2-8-30(9-3-1)31-16-20-36(21-17-31)47(38-23-25-46-42(29-38)40-11-5-7-13-45(40)49-46)37-22-18-33-26-32(14-15-34(33)27-37)35-19-24-44-41(28-35)39-10-4-6-12-43(39)48-44/h1-29H. The van der Waals surface area contributed by atoms with Gasteiger partial charge in [-0.05, 0) is 106 Å². The lowest BCUT2D eigenvalue weighted by molar-refractivity contribution is 0.669. The number of hydrogen-bond acceptors (Lipinski definition) is 3. The molecule has 0 saturated heterocycles. The number of para-hydroxylation sites is 1. The van der Waals surface area contributed by atoms with Crippen LogP contribution in [0.25, 0.3) is 75.1 Å². The summed E-state index contributed by atoms with van der Waals surface area (Å²) in [6, 6.07) is 63.4. The van der Waals surface area contributed by atoms with Crippen LogP contribution in [0.4, 0.5) is 17.1 Å². The minimum absolute atomic E-state index is 0.918. The second kappa shape index (κ2) is 11.2. The summed E-state index contributed by atoms with van der Waals surface area (Å²) in [5, 5.41) is 7.29. The van der Waals surface area contributed by atoms with Gasteiger partial charge in [0.25, 0.3) is 0 Å². The molecule has 2 nitrogen and oxygen atoms in total. The number of anilines is 3. The minimum atomic E-state index is 0.918. The van der Waals surface area contributed by atoms with Crippen LogP contribution in [0.5, 0.6) is 0 Å². The number of furan rings is 1. The number of hydrogen-bond donors (Lipinski definition) is 0. The van der Waals surface area contributed by atoms with Crippen molar-refractivity contribution in [1.29, 1.82) is 0 Å². The number of nitrogens with zero attached hydrogens (tertiary/aromatic N) is 1. The molecule has 0 amide bonds. The van der Waals surface area contributed by atoms with Crippen LogP contribution < -0.4 is 4.90 Å². The highest BCUT2D eigenvalue weighted by molar-refractivity contribution is 7.25. The average molecular weight is 644 g/mol. The second-order valence-electron chi connectivity index (χ2n) is 12.6. The van der Waals surface area contributed by atoms with Crippen LogP contribution in [0.2, 0.25) is 0 Å². The number of rotatable bonds is 5. The van der Waals surface area contributed by atoms with Crippen molar-refractivity contribution in [2.45, 2.75) is 0 Å². The van der Waals surface area contributed by atoms with Gasteiger partial charge in [-0.2, -0.15) is 0 Å². The third-order valence-electron chi connectivity index (χ3n) is 9.64. The zero-order valence-electron chi connectivity index (χ0n) is 26.5. The third-order valence-corrected chi connectivity index (χ3v) is 10.8. The van der Waals surface area contributed by atoms with E-state index in [-0.39, 0.29) is 0 Å². The number of benzene rings is 8. The largest absolute Gasteiger partial charge is 0.456 e. The van der Waals surface area contributed by atoms with Crippen molar-refractivity contribution in [3.63, 3.8) is 0 Å². The first kappa shape index (κ1) is 27.9. The van der Waals surface area contributed by atoms with Crippen LogP contribution in [-0.2, 0) is 0 Å². The maximum absolute atomic E-state index is 6.09. The molecule has 0 saturated carbocycles. The van der Waals surface area contributed by atoms with E-state index in [1.807, 2.05) is 23.5 Å². The maximum Gasteiger partial charge on any atom is 0.135 e. The summed E-state index contributed by atoms with van der Waals surface area (Å²) in [6.45, 7) is 0. The smallest absolute Gasteiger partial charge is 0.135 e. The van der Waals surface area contributed by atoms with E-state index in [0.717, 1.165) is 39.0 Å². The van der Waals surface area contributed by atoms with Gasteiger partial charge in [0.2, 0.25) is 0 Å². The Kier molecular flexibility index (Phi) is 6.39. The van der Waals surface area contributed by atoms with Gasteiger partial charge < -0.3 is 9.32 Å². The van der Waals surface area contributed by atoms with E-state index in [0.29, 0.717) is 0 Å². The molecule has 0 spiro atoms. The van der Waals surface area contributed by atoms with Gasteiger partial charge in [0.15, 0.2) is 0 Å². The van der Waals surface area contributed by atoms with Gasteiger partial charge in [0.05, 0.1) is 0 Å². The van der Waals surface area contributed by atoms with Crippen molar-refractivity contribution in [3.05, 3.63) is 176 Å². The van der Waals surface area contributed by atoms with Crippen LogP contribution in [0.3, 0.4) is 0 Å². The van der Waals surface area contributed by atoms with E-state index in [4.69, 9.17) is 4.42 Å². The van der Waals surface area contributed by atoms with E-state index < -0.39 is 0 Å². The summed E-state index contributed by atoms with van der Waals surface area (Å²) < 4.78 is 8.70. The Morgan fingerprint density at radius 1 is 0.347 bits per heavy atom. The Balaban J connectivity index is 1.08. The fourth-order valence-electron chi connectivity index (χ4n) is 7.19. The van der Waals surface area contributed by atoms with E-state index in [9.17, 15) is 0 Å². The molecule has 3 heteroatoms. The SMILES string of the molecule is c1ccc(-c2ccc(N(c3ccc4cc(-c5ccc6oc7ccccc7c6c5)ccc4c3)c3ccc4sc5ccccc5c4c3)cc2)cc1. The van der Waals surface area contributed by atoms with E-state index >= 15 is 0 Å². The molecule has 0 aliphatic rings. The Hall–Kier alpha value is -6.16. The second-order valence-corrected chi connectivity index (χ2v) is 13.7. The zero-order chi connectivity index (χ0) is 32.3. The van der Waals surface area contributed by atoms with Gasteiger partial charge in [-0.1, -0.05) is 103 Å². The lowest BCUT2D eigenvalue weighted by Gasteiger charge is -2.26. The molecule has 10 aromatic rings. The first-order valence-corrected chi connectivity index (χ1v) is 17.4. The van der Waals surface area contributed by atoms with Crippen LogP contribution in [-0.4, -0.2) is 0 Å². The van der Waals surface area contributed by atoms with Crippen LogP contribution in [0.1, 0.15) is 0 Å². The molecule has 0 fully saturated rings. The number of fused-ring (bicyclic) bond motifs is 7. The molecule has 0 bridgehead atoms. The van der Waals surface area contributed by atoms with E-state index in [2.05, 4.69) is 169 Å². The van der Waals surface area contributed by atoms with Crippen molar-refractivity contribution in [1.82, 2.24) is 0 Å². The van der Waals surface area contributed by atoms with Gasteiger partial charge in [-0.15, -0.1) is 11.3 Å². The fourth-order valence-corrected chi connectivity index (χ4v) is 8.28. The highest BCUT2D eigenvalue weighted by atomic mass is 32.1. The molecule has 2 heterocycles. The normalized spacial score (nSPS) is 11.7. The van der Waals surface area contributed by atoms with Crippen molar-refractivity contribution >= 4 is 81.3 Å². The third kappa shape index (κ3) is 4.78. The molecule has 49 heavy (non-hydrogen) atoms. The summed E-state index contributed by atoms with van der Waals surface area (Å²) in [5.74, 6) is 0. The predicted octanol–water partition coefficient (Wildman–Crippen LogP) is 13.9. The molecular weight excluding hydrogens is 615 g/mol. The molecule has 10 rings (SSSR count). The topological polar surface area (TPSA) is 16.4 Å². The highest BCUT2D eigenvalue weighted by Crippen LogP contribution is 2.42. The van der Waals surface area contributed by atoms with Gasteiger partial charge in [0, 0.05) is 48.0 Å². The predicted molar refractivity (Wildman–Crippen MR) is 210 cm³/mol. The van der Waals surface area contributed by atoms with Crippen LogP contribution in [0.15, 0.2) is 180 Å². The molecule has 8 aromatic carbocycles. The Morgan fingerprint density at radius 2 is 0.939 bits per heavy atom. The molecule has 0 radical (unpaired) electrons. The molecule has 0 atom stereocenters. The lowest BCUT2D eigenvalue weighted by atomic mass is 9.99. The first-order valence-electron chi connectivity index (χ1n) is 16.6. The van der Waals surface area contributed by atoms with Gasteiger partial charge in [0.1, 0.15) is 11.2 Å².